The van der Waals surface area contributed by atoms with Gasteiger partial charge in [-0.1, -0.05) is 18.2 Å². The fourth-order valence-electron chi connectivity index (χ4n) is 1.36. The van der Waals surface area contributed by atoms with Crippen molar-refractivity contribution in [2.45, 2.75) is 19.5 Å². The summed E-state index contributed by atoms with van der Waals surface area (Å²) in [6, 6.07) is 3.50. The van der Waals surface area contributed by atoms with Crippen molar-refractivity contribution in [2.75, 3.05) is 7.11 Å². The van der Waals surface area contributed by atoms with Crippen molar-refractivity contribution in [1.29, 1.82) is 0 Å². The molecule has 0 bridgehead atoms. The van der Waals surface area contributed by atoms with Crippen molar-refractivity contribution >= 4 is 12.0 Å². The molecule has 1 aromatic carbocycles. The third-order valence-corrected chi connectivity index (χ3v) is 2.42. The van der Waals surface area contributed by atoms with E-state index in [1.54, 1.807) is 6.92 Å². The molecule has 0 atom stereocenters. The summed E-state index contributed by atoms with van der Waals surface area (Å²) < 4.78 is 41.9. The highest BCUT2D eigenvalue weighted by Crippen LogP contribution is 2.30. The fourth-order valence-corrected chi connectivity index (χ4v) is 1.36. The first-order chi connectivity index (χ1) is 8.34. The summed E-state index contributed by atoms with van der Waals surface area (Å²) in [5, 5.41) is 0. The summed E-state index contributed by atoms with van der Waals surface area (Å²) in [4.78, 5) is 10.9. The minimum absolute atomic E-state index is 0.0339. The Balaban J connectivity index is 2.91. The fraction of sp³-hybridized carbons (Fsp3) is 0.308. The van der Waals surface area contributed by atoms with Crippen LogP contribution in [0.25, 0.3) is 6.08 Å². The number of halogens is 3. The number of alkyl halides is 3. The van der Waals surface area contributed by atoms with Gasteiger partial charge in [0.15, 0.2) is 0 Å². The third-order valence-electron chi connectivity index (χ3n) is 2.42. The molecule has 0 saturated carbocycles. The summed E-state index contributed by atoms with van der Waals surface area (Å²) >= 11 is 0. The van der Waals surface area contributed by atoms with Gasteiger partial charge >= 0.3 is 12.1 Å². The maximum atomic E-state index is 12.5. The molecule has 0 saturated heterocycles. The summed E-state index contributed by atoms with van der Waals surface area (Å²) in [5.41, 5.74) is 0.448. The first-order valence-corrected chi connectivity index (χ1v) is 5.26. The van der Waals surface area contributed by atoms with Crippen LogP contribution in [-0.4, -0.2) is 13.1 Å². The van der Waals surface area contributed by atoms with Gasteiger partial charge < -0.3 is 4.74 Å². The molecule has 1 aromatic rings. The van der Waals surface area contributed by atoms with E-state index < -0.39 is 17.7 Å². The lowest BCUT2D eigenvalue weighted by Gasteiger charge is -2.09. The average Bonchev–Trinajstić information content (AvgIpc) is 2.29. The molecule has 18 heavy (non-hydrogen) atoms. The highest BCUT2D eigenvalue weighted by molar-refractivity contribution is 5.72. The Hall–Kier alpha value is -1.78. The second kappa shape index (κ2) is 5.71. The Labute approximate surface area is 103 Å². The highest BCUT2D eigenvalue weighted by atomic mass is 19.4. The summed E-state index contributed by atoms with van der Waals surface area (Å²) in [6.07, 6.45) is -1.36. The number of ether oxygens (including phenoxy) is 1. The molecule has 1 rings (SSSR count). The minimum atomic E-state index is -4.36. The van der Waals surface area contributed by atoms with Crippen molar-refractivity contribution in [3.63, 3.8) is 0 Å². The standard InChI is InChI=1S/C13H13F3O2/c1-9-6-7-11(13(14,15)16)8-10(9)4-3-5-12(17)18-2/h3-4,6-8H,5H2,1-2H3. The SMILES string of the molecule is COC(=O)CC=Cc1cc(C(F)(F)F)ccc1C. The monoisotopic (exact) mass is 258 g/mol. The zero-order valence-corrected chi connectivity index (χ0v) is 10.0. The van der Waals surface area contributed by atoms with E-state index in [1.165, 1.54) is 25.3 Å². The molecule has 98 valence electrons. The van der Waals surface area contributed by atoms with Crippen LogP contribution in [-0.2, 0) is 15.7 Å². The largest absolute Gasteiger partial charge is 0.469 e. The van der Waals surface area contributed by atoms with Crippen LogP contribution in [0.3, 0.4) is 0 Å². The van der Waals surface area contributed by atoms with Crippen molar-refractivity contribution in [1.82, 2.24) is 0 Å². The quantitative estimate of drug-likeness (QED) is 0.774. The normalized spacial score (nSPS) is 11.8. The number of aryl methyl sites for hydroxylation is 1. The molecular weight excluding hydrogens is 245 g/mol. The Bertz CT molecular complexity index is 462. The van der Waals surface area contributed by atoms with Crippen LogP contribution < -0.4 is 0 Å². The number of rotatable bonds is 3. The van der Waals surface area contributed by atoms with Crippen LogP contribution in [0.15, 0.2) is 24.3 Å². The molecule has 0 aliphatic heterocycles. The Kier molecular flexibility index (Phi) is 4.53. The molecule has 0 aromatic heterocycles. The van der Waals surface area contributed by atoms with Crippen LogP contribution in [0.5, 0.6) is 0 Å². The molecule has 0 amide bonds. The number of carbonyl (C=O) groups is 1. The van der Waals surface area contributed by atoms with Crippen LogP contribution in [0.1, 0.15) is 23.1 Å². The summed E-state index contributed by atoms with van der Waals surface area (Å²) in [6.45, 7) is 1.71. The number of benzene rings is 1. The van der Waals surface area contributed by atoms with Gasteiger partial charge in [0.05, 0.1) is 19.1 Å². The second-order valence-electron chi connectivity index (χ2n) is 3.75. The number of hydrogen-bond donors (Lipinski definition) is 0. The zero-order chi connectivity index (χ0) is 13.8. The van der Waals surface area contributed by atoms with Crippen LogP contribution in [0, 0.1) is 6.92 Å². The third kappa shape index (κ3) is 3.91. The molecule has 0 unspecified atom stereocenters. The minimum Gasteiger partial charge on any atom is -0.469 e. The molecule has 0 heterocycles. The van der Waals surface area contributed by atoms with Crippen molar-refractivity contribution in [3.8, 4) is 0 Å². The lowest BCUT2D eigenvalue weighted by atomic mass is 10.0. The van der Waals surface area contributed by atoms with Gasteiger partial charge in [-0.2, -0.15) is 13.2 Å². The Morgan fingerprint density at radius 2 is 2.06 bits per heavy atom. The van der Waals surface area contributed by atoms with E-state index >= 15 is 0 Å². The van der Waals surface area contributed by atoms with Crippen molar-refractivity contribution in [2.24, 2.45) is 0 Å². The second-order valence-corrected chi connectivity index (χ2v) is 3.75. The first-order valence-electron chi connectivity index (χ1n) is 5.26. The predicted molar refractivity (Wildman–Crippen MR) is 61.8 cm³/mol. The van der Waals surface area contributed by atoms with Gasteiger partial charge in [0.1, 0.15) is 0 Å². The average molecular weight is 258 g/mol. The number of hydrogen-bond acceptors (Lipinski definition) is 2. The molecule has 0 fully saturated rings. The number of esters is 1. The summed E-state index contributed by atoms with van der Waals surface area (Å²) in [7, 11) is 1.26. The topological polar surface area (TPSA) is 26.3 Å². The van der Waals surface area contributed by atoms with E-state index in [4.69, 9.17) is 0 Å². The van der Waals surface area contributed by atoms with Gasteiger partial charge in [-0.15, -0.1) is 0 Å². The van der Waals surface area contributed by atoms with Gasteiger partial charge in [-0.05, 0) is 30.2 Å². The summed E-state index contributed by atoms with van der Waals surface area (Å²) in [5.74, 6) is -0.434. The maximum Gasteiger partial charge on any atom is 0.416 e. The lowest BCUT2D eigenvalue weighted by Crippen LogP contribution is -2.05. The van der Waals surface area contributed by atoms with E-state index in [9.17, 15) is 18.0 Å². The molecule has 0 radical (unpaired) electrons. The van der Waals surface area contributed by atoms with Crippen molar-refractivity contribution in [3.05, 3.63) is 41.0 Å². The van der Waals surface area contributed by atoms with E-state index in [-0.39, 0.29) is 6.42 Å². The molecule has 0 N–H and O–H groups in total. The van der Waals surface area contributed by atoms with Gasteiger partial charge in [0.2, 0.25) is 0 Å². The van der Waals surface area contributed by atoms with Crippen molar-refractivity contribution < 1.29 is 22.7 Å². The van der Waals surface area contributed by atoms with E-state index in [0.717, 1.165) is 12.1 Å². The number of methoxy groups -OCH3 is 1. The van der Waals surface area contributed by atoms with Gasteiger partial charge in [0, 0.05) is 0 Å². The Morgan fingerprint density at radius 1 is 1.39 bits per heavy atom. The Morgan fingerprint density at radius 3 is 2.61 bits per heavy atom. The van der Waals surface area contributed by atoms with Gasteiger partial charge in [-0.25, -0.2) is 0 Å². The molecular formula is C13H13F3O2. The lowest BCUT2D eigenvalue weighted by molar-refractivity contribution is -0.139. The molecule has 2 nitrogen and oxygen atoms in total. The molecule has 5 heteroatoms. The molecule has 0 aliphatic rings. The van der Waals surface area contributed by atoms with E-state index in [2.05, 4.69) is 4.74 Å². The first kappa shape index (κ1) is 14.3. The van der Waals surface area contributed by atoms with E-state index in [0.29, 0.717) is 11.1 Å². The van der Waals surface area contributed by atoms with Crippen LogP contribution >= 0.6 is 0 Å². The van der Waals surface area contributed by atoms with E-state index in [1.807, 2.05) is 0 Å². The molecule has 0 spiro atoms. The van der Waals surface area contributed by atoms with Gasteiger partial charge in [0.25, 0.3) is 0 Å². The number of carbonyl (C=O) groups excluding carboxylic acids is 1. The smallest absolute Gasteiger partial charge is 0.416 e. The van der Waals surface area contributed by atoms with Crippen LogP contribution in [0.2, 0.25) is 0 Å². The highest BCUT2D eigenvalue weighted by Gasteiger charge is 2.30. The van der Waals surface area contributed by atoms with Gasteiger partial charge in [-0.3, -0.25) is 4.79 Å². The maximum absolute atomic E-state index is 12.5. The predicted octanol–water partition coefficient (Wildman–Crippen LogP) is 3.59. The van der Waals surface area contributed by atoms with Crippen LogP contribution in [0.4, 0.5) is 13.2 Å². The zero-order valence-electron chi connectivity index (χ0n) is 10.0. The molecule has 0 aliphatic carbocycles.